The molecule has 0 aromatic carbocycles. The van der Waals surface area contributed by atoms with Gasteiger partial charge in [-0.25, -0.2) is 4.79 Å². The van der Waals surface area contributed by atoms with Crippen molar-refractivity contribution < 1.29 is 4.42 Å². The fourth-order valence-electron chi connectivity index (χ4n) is 3.23. The van der Waals surface area contributed by atoms with Gasteiger partial charge < -0.3 is 8.98 Å². The van der Waals surface area contributed by atoms with Crippen LogP contribution in [0.4, 0.5) is 0 Å². The second kappa shape index (κ2) is 5.51. The van der Waals surface area contributed by atoms with Gasteiger partial charge in [0.1, 0.15) is 5.76 Å². The van der Waals surface area contributed by atoms with Gasteiger partial charge in [-0.1, -0.05) is 6.92 Å². The van der Waals surface area contributed by atoms with Crippen LogP contribution in [0, 0.1) is 6.92 Å². The van der Waals surface area contributed by atoms with E-state index < -0.39 is 0 Å². The summed E-state index contributed by atoms with van der Waals surface area (Å²) in [6, 6.07) is 3.73. The second-order valence-corrected chi connectivity index (χ2v) is 6.19. The Morgan fingerprint density at radius 3 is 2.72 bits per heavy atom. The summed E-state index contributed by atoms with van der Waals surface area (Å²) in [5.41, 5.74) is 1.13. The van der Waals surface area contributed by atoms with E-state index in [0.29, 0.717) is 36.5 Å². The largest absolute Gasteiger partial charge is 0.467 e. The molecule has 0 aliphatic rings. The SMILES string of the molecule is CCCn1c(=O)c2c(nc3n(Cc4ccco4)c(C)cn23)n(C)c1=O. The molecule has 4 aromatic heterocycles. The van der Waals surface area contributed by atoms with Crippen molar-refractivity contribution in [2.24, 2.45) is 7.05 Å². The molecule has 0 saturated carbocycles. The molecule has 130 valence electrons. The second-order valence-electron chi connectivity index (χ2n) is 6.19. The van der Waals surface area contributed by atoms with Gasteiger partial charge in [0.15, 0.2) is 11.2 Å². The van der Waals surface area contributed by atoms with Crippen LogP contribution in [-0.2, 0) is 20.1 Å². The van der Waals surface area contributed by atoms with Crippen LogP contribution in [0.1, 0.15) is 24.8 Å². The number of hydrogen-bond acceptors (Lipinski definition) is 4. The third kappa shape index (κ3) is 2.17. The van der Waals surface area contributed by atoms with E-state index in [-0.39, 0.29) is 11.2 Å². The summed E-state index contributed by atoms with van der Waals surface area (Å²) in [6.07, 6.45) is 4.21. The predicted octanol–water partition coefficient (Wildman–Crippen LogP) is 1.51. The number of rotatable bonds is 4. The Balaban J connectivity index is 2.05. The van der Waals surface area contributed by atoms with Gasteiger partial charge >= 0.3 is 5.69 Å². The van der Waals surface area contributed by atoms with Gasteiger partial charge in [0, 0.05) is 25.5 Å². The third-order valence-corrected chi connectivity index (χ3v) is 4.48. The van der Waals surface area contributed by atoms with E-state index in [4.69, 9.17) is 4.42 Å². The molecule has 0 aliphatic carbocycles. The van der Waals surface area contributed by atoms with E-state index in [1.54, 1.807) is 17.7 Å². The van der Waals surface area contributed by atoms with Crippen molar-refractivity contribution in [3.05, 3.63) is 56.9 Å². The molecule has 0 amide bonds. The molecule has 0 atom stereocenters. The highest BCUT2D eigenvalue weighted by Crippen LogP contribution is 2.18. The molecule has 0 aliphatic heterocycles. The van der Waals surface area contributed by atoms with Crippen LogP contribution < -0.4 is 11.2 Å². The number of imidazole rings is 2. The van der Waals surface area contributed by atoms with Crippen LogP contribution in [0.15, 0.2) is 38.6 Å². The molecule has 8 heteroatoms. The Bertz CT molecular complexity index is 1190. The molecule has 4 aromatic rings. The number of nitrogens with zero attached hydrogens (tertiary/aromatic N) is 5. The Kier molecular flexibility index (Phi) is 3.41. The lowest BCUT2D eigenvalue weighted by Crippen LogP contribution is -2.39. The normalized spacial score (nSPS) is 11.8. The van der Waals surface area contributed by atoms with E-state index in [1.165, 1.54) is 9.13 Å². The molecule has 4 heterocycles. The van der Waals surface area contributed by atoms with Gasteiger partial charge in [0.25, 0.3) is 5.56 Å². The van der Waals surface area contributed by atoms with E-state index in [2.05, 4.69) is 4.98 Å². The smallest absolute Gasteiger partial charge is 0.332 e. The lowest BCUT2D eigenvalue weighted by Gasteiger charge is -2.06. The topological polar surface area (TPSA) is 79.4 Å². The fourth-order valence-corrected chi connectivity index (χ4v) is 3.23. The highest BCUT2D eigenvalue weighted by Gasteiger charge is 2.20. The summed E-state index contributed by atoms with van der Waals surface area (Å²) >= 11 is 0. The summed E-state index contributed by atoms with van der Waals surface area (Å²) < 4.78 is 11.9. The summed E-state index contributed by atoms with van der Waals surface area (Å²) in [6.45, 7) is 4.79. The monoisotopic (exact) mass is 341 g/mol. The number of fused-ring (bicyclic) bond motifs is 3. The number of hydrogen-bond donors (Lipinski definition) is 0. The molecule has 0 bridgehead atoms. The zero-order valence-electron chi connectivity index (χ0n) is 14.4. The van der Waals surface area contributed by atoms with Crippen molar-refractivity contribution in [3.63, 3.8) is 0 Å². The lowest BCUT2D eigenvalue weighted by atomic mass is 10.4. The summed E-state index contributed by atoms with van der Waals surface area (Å²) in [7, 11) is 1.65. The Morgan fingerprint density at radius 1 is 1.24 bits per heavy atom. The molecule has 0 N–H and O–H groups in total. The minimum Gasteiger partial charge on any atom is -0.467 e. The van der Waals surface area contributed by atoms with Crippen molar-refractivity contribution >= 4 is 16.9 Å². The van der Waals surface area contributed by atoms with Crippen LogP contribution in [0.25, 0.3) is 16.9 Å². The van der Waals surface area contributed by atoms with E-state index in [0.717, 1.165) is 11.5 Å². The first-order chi connectivity index (χ1) is 12.0. The van der Waals surface area contributed by atoms with Crippen LogP contribution in [0.3, 0.4) is 0 Å². The van der Waals surface area contributed by atoms with Crippen LogP contribution in [0.2, 0.25) is 0 Å². The molecule has 4 rings (SSSR count). The Morgan fingerprint density at radius 2 is 2.04 bits per heavy atom. The maximum absolute atomic E-state index is 12.9. The van der Waals surface area contributed by atoms with Crippen molar-refractivity contribution in [3.8, 4) is 0 Å². The van der Waals surface area contributed by atoms with Crippen molar-refractivity contribution in [2.75, 3.05) is 0 Å². The van der Waals surface area contributed by atoms with Crippen LogP contribution in [0.5, 0.6) is 0 Å². The Hall–Kier alpha value is -3.03. The molecule has 8 nitrogen and oxygen atoms in total. The lowest BCUT2D eigenvalue weighted by molar-refractivity contribution is 0.494. The van der Waals surface area contributed by atoms with Crippen molar-refractivity contribution in [1.82, 2.24) is 23.1 Å². The van der Waals surface area contributed by atoms with Crippen LogP contribution >= 0.6 is 0 Å². The van der Waals surface area contributed by atoms with Crippen molar-refractivity contribution in [1.29, 1.82) is 0 Å². The molecular weight excluding hydrogens is 322 g/mol. The summed E-state index contributed by atoms with van der Waals surface area (Å²) in [5.74, 6) is 1.41. The standard InChI is InChI=1S/C17H19N5O3/c1-4-7-20-15(23)13-14(19(3)17(20)24)18-16-21(11(2)9-22(13)16)10-12-6-5-8-25-12/h5-6,8-9H,4,7,10H2,1-3H3. The minimum atomic E-state index is -0.339. The molecule has 0 saturated heterocycles. The van der Waals surface area contributed by atoms with E-state index in [1.807, 2.05) is 36.7 Å². The van der Waals surface area contributed by atoms with Gasteiger partial charge in [-0.15, -0.1) is 0 Å². The molecule has 0 spiro atoms. The summed E-state index contributed by atoms with van der Waals surface area (Å²) in [5, 5.41) is 0. The average molecular weight is 341 g/mol. The number of aryl methyl sites for hydroxylation is 2. The molecule has 0 fully saturated rings. The molecule has 25 heavy (non-hydrogen) atoms. The van der Waals surface area contributed by atoms with Crippen LogP contribution in [-0.4, -0.2) is 23.1 Å². The fraction of sp³-hybridized carbons (Fsp3) is 0.353. The first kappa shape index (κ1) is 15.5. The molecule has 0 radical (unpaired) electrons. The molecule has 0 unspecified atom stereocenters. The predicted molar refractivity (Wildman–Crippen MR) is 93.0 cm³/mol. The quantitative estimate of drug-likeness (QED) is 0.563. The third-order valence-electron chi connectivity index (χ3n) is 4.48. The highest BCUT2D eigenvalue weighted by molar-refractivity contribution is 5.75. The summed E-state index contributed by atoms with van der Waals surface area (Å²) in [4.78, 5) is 29.9. The van der Waals surface area contributed by atoms with Gasteiger partial charge in [-0.05, 0) is 25.5 Å². The first-order valence-electron chi connectivity index (χ1n) is 8.23. The maximum Gasteiger partial charge on any atom is 0.332 e. The first-order valence-corrected chi connectivity index (χ1v) is 8.23. The zero-order chi connectivity index (χ0) is 17.7. The maximum atomic E-state index is 12.9. The Labute approximate surface area is 142 Å². The van der Waals surface area contributed by atoms with Gasteiger partial charge in [0.05, 0.1) is 12.8 Å². The van der Waals surface area contributed by atoms with Crippen molar-refractivity contribution in [2.45, 2.75) is 33.4 Å². The van der Waals surface area contributed by atoms with E-state index >= 15 is 0 Å². The van der Waals surface area contributed by atoms with E-state index in [9.17, 15) is 9.59 Å². The minimum absolute atomic E-state index is 0.303. The average Bonchev–Trinajstić information content (AvgIpc) is 3.28. The molecular formula is C17H19N5O3. The number of aromatic nitrogens is 5. The van der Waals surface area contributed by atoms with Gasteiger partial charge in [-0.3, -0.25) is 18.3 Å². The van der Waals surface area contributed by atoms with Gasteiger partial charge in [0.2, 0.25) is 5.78 Å². The zero-order valence-corrected chi connectivity index (χ0v) is 14.4. The van der Waals surface area contributed by atoms with Gasteiger partial charge in [-0.2, -0.15) is 4.98 Å². The number of furan rings is 1. The highest BCUT2D eigenvalue weighted by atomic mass is 16.3.